The molecule has 26 heavy (non-hydrogen) atoms. The molecule has 1 unspecified atom stereocenters. The van der Waals surface area contributed by atoms with Gasteiger partial charge in [0.15, 0.2) is 5.96 Å². The first-order valence-corrected chi connectivity index (χ1v) is 9.43. The van der Waals surface area contributed by atoms with Gasteiger partial charge < -0.3 is 25.2 Å². The third-order valence-corrected chi connectivity index (χ3v) is 3.92. The molecular weight excluding hydrogens is 332 g/mol. The predicted molar refractivity (Wildman–Crippen MR) is 105 cm³/mol. The Morgan fingerprint density at radius 3 is 2.81 bits per heavy atom. The Balaban J connectivity index is 2.67. The van der Waals surface area contributed by atoms with Crippen LogP contribution in [0.3, 0.4) is 0 Å². The fourth-order valence-electron chi connectivity index (χ4n) is 2.58. The lowest BCUT2D eigenvalue weighted by molar-refractivity contribution is 0.143. The van der Waals surface area contributed by atoms with Crippen LogP contribution in [0.15, 0.2) is 23.3 Å². The van der Waals surface area contributed by atoms with Crippen molar-refractivity contribution in [3.63, 3.8) is 0 Å². The highest BCUT2D eigenvalue weighted by atomic mass is 16.5. The molecule has 1 rings (SSSR count). The van der Waals surface area contributed by atoms with Crippen molar-refractivity contribution in [2.45, 2.75) is 39.7 Å². The van der Waals surface area contributed by atoms with Gasteiger partial charge in [-0.3, -0.25) is 0 Å². The Kier molecular flexibility index (Phi) is 12.2. The SMILES string of the molecule is CCCC(CCO)CNC(=NCc1cccnc1OCCOC)NCC. The maximum absolute atomic E-state index is 9.20. The van der Waals surface area contributed by atoms with Crippen molar-refractivity contribution in [1.29, 1.82) is 0 Å². The molecule has 0 amide bonds. The van der Waals surface area contributed by atoms with E-state index in [2.05, 4.69) is 27.5 Å². The van der Waals surface area contributed by atoms with E-state index >= 15 is 0 Å². The first-order valence-electron chi connectivity index (χ1n) is 9.43. The molecule has 0 aliphatic carbocycles. The highest BCUT2D eigenvalue weighted by Gasteiger charge is 2.09. The van der Waals surface area contributed by atoms with E-state index in [1.54, 1.807) is 13.3 Å². The molecular formula is C19H34N4O3. The zero-order chi connectivity index (χ0) is 19.0. The summed E-state index contributed by atoms with van der Waals surface area (Å²) in [5, 5.41) is 15.8. The third-order valence-electron chi connectivity index (χ3n) is 3.92. The summed E-state index contributed by atoms with van der Waals surface area (Å²) >= 11 is 0. The van der Waals surface area contributed by atoms with E-state index in [9.17, 15) is 5.11 Å². The van der Waals surface area contributed by atoms with E-state index in [1.165, 1.54) is 0 Å². The first kappa shape index (κ1) is 22.2. The van der Waals surface area contributed by atoms with Crippen LogP contribution in [0.1, 0.15) is 38.7 Å². The number of aliphatic hydroxyl groups excluding tert-OH is 1. The molecule has 0 aromatic carbocycles. The zero-order valence-corrected chi connectivity index (χ0v) is 16.3. The summed E-state index contributed by atoms with van der Waals surface area (Å²) in [5.74, 6) is 1.80. The first-order chi connectivity index (χ1) is 12.7. The molecule has 1 atom stereocenters. The Labute approximate surface area is 157 Å². The number of ether oxygens (including phenoxy) is 2. The van der Waals surface area contributed by atoms with Crippen molar-refractivity contribution in [3.8, 4) is 5.88 Å². The number of nitrogens with zero attached hydrogens (tertiary/aromatic N) is 2. The van der Waals surface area contributed by atoms with E-state index in [-0.39, 0.29) is 6.61 Å². The predicted octanol–water partition coefficient (Wildman–Crippen LogP) is 1.96. The number of aliphatic hydroxyl groups is 1. The second kappa shape index (κ2) is 14.3. The summed E-state index contributed by atoms with van der Waals surface area (Å²) < 4.78 is 10.7. The molecule has 0 saturated heterocycles. The quantitative estimate of drug-likeness (QED) is 0.281. The number of pyridine rings is 1. The number of rotatable bonds is 13. The summed E-state index contributed by atoms with van der Waals surface area (Å²) in [4.78, 5) is 8.93. The molecule has 7 heteroatoms. The summed E-state index contributed by atoms with van der Waals surface area (Å²) in [6.45, 7) is 7.46. The fraction of sp³-hybridized carbons (Fsp3) is 0.684. The van der Waals surface area contributed by atoms with E-state index < -0.39 is 0 Å². The average molecular weight is 367 g/mol. The van der Waals surface area contributed by atoms with Crippen LogP contribution in [0.4, 0.5) is 0 Å². The minimum atomic E-state index is 0.220. The number of aromatic nitrogens is 1. The van der Waals surface area contributed by atoms with Crippen LogP contribution < -0.4 is 15.4 Å². The largest absolute Gasteiger partial charge is 0.475 e. The van der Waals surface area contributed by atoms with Crippen molar-refractivity contribution in [2.24, 2.45) is 10.9 Å². The molecule has 1 aromatic rings. The standard InChI is InChI=1S/C19H34N4O3/c1-4-7-16(9-11-24)14-22-19(20-5-2)23-15-17-8-6-10-21-18(17)26-13-12-25-3/h6,8,10,16,24H,4-5,7,9,11-15H2,1-3H3,(H2,20,22,23). The van der Waals surface area contributed by atoms with Gasteiger partial charge in [0.2, 0.25) is 5.88 Å². The van der Waals surface area contributed by atoms with Crippen LogP contribution in [-0.2, 0) is 11.3 Å². The monoisotopic (exact) mass is 366 g/mol. The minimum Gasteiger partial charge on any atom is -0.475 e. The molecule has 0 saturated carbocycles. The molecule has 7 nitrogen and oxygen atoms in total. The third kappa shape index (κ3) is 9.01. The van der Waals surface area contributed by atoms with Gasteiger partial charge in [-0.05, 0) is 31.7 Å². The number of hydrogen-bond acceptors (Lipinski definition) is 5. The van der Waals surface area contributed by atoms with Crippen molar-refractivity contribution in [1.82, 2.24) is 15.6 Å². The van der Waals surface area contributed by atoms with Gasteiger partial charge in [-0.2, -0.15) is 0 Å². The van der Waals surface area contributed by atoms with Gasteiger partial charge in [0.1, 0.15) is 6.61 Å². The van der Waals surface area contributed by atoms with Crippen LogP contribution in [0.2, 0.25) is 0 Å². The Hall–Kier alpha value is -1.86. The Bertz CT molecular complexity index is 505. The summed E-state index contributed by atoms with van der Waals surface area (Å²) in [5.41, 5.74) is 0.932. The van der Waals surface area contributed by atoms with E-state index in [1.807, 2.05) is 19.1 Å². The number of guanidine groups is 1. The van der Waals surface area contributed by atoms with Crippen LogP contribution >= 0.6 is 0 Å². The molecule has 0 fully saturated rings. The fourth-order valence-corrected chi connectivity index (χ4v) is 2.58. The van der Waals surface area contributed by atoms with Crippen LogP contribution in [0.5, 0.6) is 5.88 Å². The van der Waals surface area contributed by atoms with Gasteiger partial charge in [-0.25, -0.2) is 9.98 Å². The molecule has 0 aliphatic rings. The molecule has 1 aromatic heterocycles. The van der Waals surface area contributed by atoms with E-state index in [0.717, 1.165) is 43.9 Å². The maximum Gasteiger partial charge on any atom is 0.218 e. The van der Waals surface area contributed by atoms with Crippen molar-refractivity contribution in [2.75, 3.05) is 40.0 Å². The molecule has 148 valence electrons. The van der Waals surface area contributed by atoms with Gasteiger partial charge in [-0.15, -0.1) is 0 Å². The summed E-state index contributed by atoms with van der Waals surface area (Å²) in [7, 11) is 1.64. The zero-order valence-electron chi connectivity index (χ0n) is 16.3. The number of aliphatic imine (C=N–C) groups is 1. The van der Waals surface area contributed by atoms with Gasteiger partial charge in [0.25, 0.3) is 0 Å². The van der Waals surface area contributed by atoms with Gasteiger partial charge in [-0.1, -0.05) is 19.4 Å². The highest BCUT2D eigenvalue weighted by Crippen LogP contribution is 2.15. The van der Waals surface area contributed by atoms with Crippen molar-refractivity contribution >= 4 is 5.96 Å². The van der Waals surface area contributed by atoms with Crippen molar-refractivity contribution in [3.05, 3.63) is 23.9 Å². The average Bonchev–Trinajstić information content (AvgIpc) is 2.65. The molecule has 1 heterocycles. The lowest BCUT2D eigenvalue weighted by atomic mass is 10.0. The number of nitrogens with one attached hydrogen (secondary N) is 2. The highest BCUT2D eigenvalue weighted by molar-refractivity contribution is 5.79. The summed E-state index contributed by atoms with van der Waals surface area (Å²) in [6.07, 6.45) is 4.72. The van der Waals surface area contributed by atoms with Crippen molar-refractivity contribution < 1.29 is 14.6 Å². The number of hydrogen-bond donors (Lipinski definition) is 3. The van der Waals surface area contributed by atoms with Gasteiger partial charge in [0.05, 0.1) is 13.2 Å². The van der Waals surface area contributed by atoms with Crippen LogP contribution in [-0.4, -0.2) is 56.1 Å². The smallest absolute Gasteiger partial charge is 0.218 e. The Morgan fingerprint density at radius 1 is 1.27 bits per heavy atom. The lowest BCUT2D eigenvalue weighted by Gasteiger charge is -2.18. The van der Waals surface area contributed by atoms with Crippen LogP contribution in [0.25, 0.3) is 0 Å². The molecule has 3 N–H and O–H groups in total. The molecule has 0 spiro atoms. The number of methoxy groups -OCH3 is 1. The normalized spacial score (nSPS) is 12.7. The Morgan fingerprint density at radius 2 is 2.12 bits per heavy atom. The maximum atomic E-state index is 9.20. The topological polar surface area (TPSA) is 88.0 Å². The minimum absolute atomic E-state index is 0.220. The van der Waals surface area contributed by atoms with E-state index in [0.29, 0.717) is 31.6 Å². The molecule has 0 aliphatic heterocycles. The second-order valence-electron chi connectivity index (χ2n) is 6.05. The van der Waals surface area contributed by atoms with Gasteiger partial charge in [0, 0.05) is 38.6 Å². The van der Waals surface area contributed by atoms with Crippen LogP contribution in [0, 0.1) is 5.92 Å². The van der Waals surface area contributed by atoms with E-state index in [4.69, 9.17) is 9.47 Å². The summed E-state index contributed by atoms with van der Waals surface area (Å²) in [6, 6.07) is 3.85. The lowest BCUT2D eigenvalue weighted by Crippen LogP contribution is -2.40. The molecule has 0 bridgehead atoms. The second-order valence-corrected chi connectivity index (χ2v) is 6.05. The van der Waals surface area contributed by atoms with Gasteiger partial charge >= 0.3 is 0 Å². The molecule has 0 radical (unpaired) electrons.